The summed E-state index contributed by atoms with van der Waals surface area (Å²) >= 11 is 0. The number of benzene rings is 2. The van der Waals surface area contributed by atoms with Crippen molar-refractivity contribution in [2.24, 2.45) is 0 Å². The van der Waals surface area contributed by atoms with E-state index < -0.39 is 28.5 Å². The highest BCUT2D eigenvalue weighted by molar-refractivity contribution is 7.92. The maximum Gasteiger partial charge on any atom is 0.338 e. The standard InChI is InChI=1S/C21H26N2O6S/c1-4-5-12-22-20(24)14-29-21(25)16-8-11-18(28-3)19(13-16)30(26,27)23-17-9-6-15(2)7-10-17/h6-11,13,23H,4-5,12,14H2,1-3H3,(H,22,24). The number of carbonyl (C=O) groups excluding carboxylic acids is 2. The Labute approximate surface area is 176 Å². The summed E-state index contributed by atoms with van der Waals surface area (Å²) in [5.41, 5.74) is 1.35. The Bertz CT molecular complexity index is 987. The van der Waals surface area contributed by atoms with Crippen LogP contribution in [0.3, 0.4) is 0 Å². The number of unbranched alkanes of at least 4 members (excludes halogenated alkanes) is 1. The van der Waals surface area contributed by atoms with Crippen LogP contribution in [-0.4, -0.2) is 40.6 Å². The van der Waals surface area contributed by atoms with E-state index in [0.717, 1.165) is 24.5 Å². The topological polar surface area (TPSA) is 111 Å². The molecule has 0 bridgehead atoms. The fourth-order valence-electron chi connectivity index (χ4n) is 2.52. The Kier molecular flexibility index (Phi) is 8.23. The summed E-state index contributed by atoms with van der Waals surface area (Å²) in [7, 11) is -2.70. The quantitative estimate of drug-likeness (QED) is 0.439. The summed E-state index contributed by atoms with van der Waals surface area (Å²) in [6, 6.07) is 10.7. The minimum Gasteiger partial charge on any atom is -0.495 e. The average molecular weight is 435 g/mol. The summed E-state index contributed by atoms with van der Waals surface area (Å²) in [4.78, 5) is 23.8. The first-order valence-electron chi connectivity index (χ1n) is 9.48. The summed E-state index contributed by atoms with van der Waals surface area (Å²) in [5, 5.41) is 2.63. The van der Waals surface area contributed by atoms with Crippen LogP contribution in [0.15, 0.2) is 47.4 Å². The highest BCUT2D eigenvalue weighted by atomic mass is 32.2. The van der Waals surface area contributed by atoms with Crippen LogP contribution in [0.25, 0.3) is 0 Å². The molecule has 0 aliphatic heterocycles. The lowest BCUT2D eigenvalue weighted by Gasteiger charge is -2.13. The number of anilines is 1. The van der Waals surface area contributed by atoms with E-state index in [1.807, 2.05) is 13.8 Å². The van der Waals surface area contributed by atoms with Crippen LogP contribution in [0.2, 0.25) is 0 Å². The van der Waals surface area contributed by atoms with Crippen molar-refractivity contribution in [2.75, 3.05) is 25.0 Å². The monoisotopic (exact) mass is 434 g/mol. The molecule has 30 heavy (non-hydrogen) atoms. The minimum absolute atomic E-state index is 0.0126. The molecule has 1 amide bonds. The van der Waals surface area contributed by atoms with Crippen molar-refractivity contribution in [1.29, 1.82) is 0 Å². The Hall–Kier alpha value is -3.07. The van der Waals surface area contributed by atoms with Crippen molar-refractivity contribution in [3.05, 3.63) is 53.6 Å². The Morgan fingerprint density at radius 3 is 2.40 bits per heavy atom. The molecular formula is C21H26N2O6S. The molecule has 0 aliphatic carbocycles. The second kappa shape index (κ2) is 10.6. The second-order valence-corrected chi connectivity index (χ2v) is 8.27. The molecule has 0 saturated carbocycles. The number of ether oxygens (including phenoxy) is 2. The molecule has 0 aromatic heterocycles. The van der Waals surface area contributed by atoms with E-state index in [1.165, 1.54) is 19.2 Å². The van der Waals surface area contributed by atoms with Crippen molar-refractivity contribution < 1.29 is 27.5 Å². The van der Waals surface area contributed by atoms with Gasteiger partial charge in [0.2, 0.25) is 0 Å². The average Bonchev–Trinajstić information content (AvgIpc) is 2.73. The normalized spacial score (nSPS) is 10.9. The molecule has 0 aliphatic rings. The third-order valence-corrected chi connectivity index (χ3v) is 5.58. The number of sulfonamides is 1. The van der Waals surface area contributed by atoms with E-state index in [0.29, 0.717) is 12.2 Å². The molecule has 2 N–H and O–H groups in total. The molecule has 0 fully saturated rings. The van der Waals surface area contributed by atoms with Gasteiger partial charge in [-0.15, -0.1) is 0 Å². The van der Waals surface area contributed by atoms with Crippen LogP contribution < -0.4 is 14.8 Å². The summed E-state index contributed by atoms with van der Waals surface area (Å²) < 4.78 is 38.3. The van der Waals surface area contributed by atoms with Crippen molar-refractivity contribution >= 4 is 27.6 Å². The SMILES string of the molecule is CCCCNC(=O)COC(=O)c1ccc(OC)c(S(=O)(=O)Nc2ccc(C)cc2)c1. The molecule has 162 valence electrons. The zero-order chi connectivity index (χ0) is 22.1. The van der Waals surface area contributed by atoms with Crippen molar-refractivity contribution in [2.45, 2.75) is 31.6 Å². The smallest absolute Gasteiger partial charge is 0.338 e. The fraction of sp³-hybridized carbons (Fsp3) is 0.333. The number of methoxy groups -OCH3 is 1. The van der Waals surface area contributed by atoms with Gasteiger partial charge in [0.25, 0.3) is 15.9 Å². The summed E-state index contributed by atoms with van der Waals surface area (Å²) in [5.74, 6) is -1.15. The molecule has 8 nitrogen and oxygen atoms in total. The second-order valence-electron chi connectivity index (χ2n) is 6.62. The molecule has 9 heteroatoms. The van der Waals surface area contributed by atoms with Crippen LogP contribution in [0.1, 0.15) is 35.7 Å². The van der Waals surface area contributed by atoms with Gasteiger partial charge in [0, 0.05) is 12.2 Å². The van der Waals surface area contributed by atoms with Gasteiger partial charge in [-0.1, -0.05) is 31.0 Å². The van der Waals surface area contributed by atoms with Gasteiger partial charge in [-0.2, -0.15) is 0 Å². The van der Waals surface area contributed by atoms with Crippen LogP contribution in [0.4, 0.5) is 5.69 Å². The summed E-state index contributed by atoms with van der Waals surface area (Å²) in [6.45, 7) is 3.94. The van der Waals surface area contributed by atoms with Gasteiger partial charge in [-0.25, -0.2) is 13.2 Å². The van der Waals surface area contributed by atoms with Crippen LogP contribution >= 0.6 is 0 Å². The van der Waals surface area contributed by atoms with Gasteiger partial charge in [0.1, 0.15) is 10.6 Å². The number of amides is 1. The van der Waals surface area contributed by atoms with Crippen LogP contribution in [-0.2, 0) is 19.6 Å². The number of hydrogen-bond donors (Lipinski definition) is 2. The lowest BCUT2D eigenvalue weighted by Crippen LogP contribution is -2.29. The van der Waals surface area contributed by atoms with Gasteiger partial charge in [-0.3, -0.25) is 9.52 Å². The van der Waals surface area contributed by atoms with Crippen molar-refractivity contribution in [1.82, 2.24) is 5.32 Å². The zero-order valence-corrected chi connectivity index (χ0v) is 18.0. The van der Waals surface area contributed by atoms with E-state index >= 15 is 0 Å². The Morgan fingerprint density at radius 1 is 1.07 bits per heavy atom. The largest absolute Gasteiger partial charge is 0.495 e. The number of carbonyl (C=O) groups is 2. The number of aryl methyl sites for hydroxylation is 1. The zero-order valence-electron chi connectivity index (χ0n) is 17.2. The van der Waals surface area contributed by atoms with Gasteiger partial charge < -0.3 is 14.8 Å². The molecule has 0 heterocycles. The van der Waals surface area contributed by atoms with Gasteiger partial charge >= 0.3 is 5.97 Å². The highest BCUT2D eigenvalue weighted by Gasteiger charge is 2.22. The van der Waals surface area contributed by atoms with Crippen LogP contribution in [0.5, 0.6) is 5.75 Å². The third-order valence-electron chi connectivity index (χ3n) is 4.18. The molecule has 2 aromatic carbocycles. The van der Waals surface area contributed by atoms with Crippen molar-refractivity contribution in [3.63, 3.8) is 0 Å². The lowest BCUT2D eigenvalue weighted by atomic mass is 10.2. The molecule has 0 radical (unpaired) electrons. The fourth-order valence-corrected chi connectivity index (χ4v) is 3.77. The Balaban J connectivity index is 2.16. The number of hydrogen-bond acceptors (Lipinski definition) is 6. The lowest BCUT2D eigenvalue weighted by molar-refractivity contribution is -0.124. The van der Waals surface area contributed by atoms with Crippen molar-refractivity contribution in [3.8, 4) is 5.75 Å². The number of nitrogens with one attached hydrogen (secondary N) is 2. The first-order chi connectivity index (χ1) is 14.3. The molecule has 0 unspecified atom stereocenters. The van der Waals surface area contributed by atoms with Crippen LogP contribution in [0, 0.1) is 6.92 Å². The number of esters is 1. The predicted octanol–water partition coefficient (Wildman–Crippen LogP) is 2.88. The molecule has 0 spiro atoms. The highest BCUT2D eigenvalue weighted by Crippen LogP contribution is 2.27. The first-order valence-corrected chi connectivity index (χ1v) is 11.0. The molecule has 2 aromatic rings. The van der Waals surface area contributed by atoms with Gasteiger partial charge in [0.15, 0.2) is 6.61 Å². The maximum atomic E-state index is 12.8. The van der Waals surface area contributed by atoms with E-state index in [1.54, 1.807) is 24.3 Å². The summed E-state index contributed by atoms with van der Waals surface area (Å²) in [6.07, 6.45) is 1.76. The molecular weight excluding hydrogens is 408 g/mol. The molecule has 0 atom stereocenters. The van der Waals surface area contributed by atoms with E-state index in [4.69, 9.17) is 9.47 Å². The first kappa shape index (κ1) is 23.2. The predicted molar refractivity (Wildman–Crippen MR) is 113 cm³/mol. The van der Waals surface area contributed by atoms with Gasteiger partial charge in [-0.05, 0) is 43.7 Å². The molecule has 2 rings (SSSR count). The Morgan fingerprint density at radius 2 is 1.77 bits per heavy atom. The van der Waals surface area contributed by atoms with E-state index in [9.17, 15) is 18.0 Å². The third kappa shape index (κ3) is 6.48. The van der Waals surface area contributed by atoms with E-state index in [-0.39, 0.29) is 16.2 Å². The maximum absolute atomic E-state index is 12.8. The van der Waals surface area contributed by atoms with E-state index in [2.05, 4.69) is 10.0 Å². The van der Waals surface area contributed by atoms with Gasteiger partial charge in [0.05, 0.1) is 12.7 Å². The molecule has 0 saturated heterocycles. The minimum atomic E-state index is -4.03. The number of rotatable bonds is 10.